The number of halogens is 3. The van der Waals surface area contributed by atoms with E-state index in [1.807, 2.05) is 0 Å². The van der Waals surface area contributed by atoms with E-state index in [-0.39, 0.29) is 5.57 Å². The number of carbonyl (C=O) groups excluding carboxylic acids is 3. The molecule has 19 heavy (non-hydrogen) atoms. The molecule has 108 valence electrons. The van der Waals surface area contributed by atoms with Crippen LogP contribution in [-0.4, -0.2) is 37.1 Å². The Kier molecular flexibility index (Phi) is 6.23. The van der Waals surface area contributed by atoms with E-state index in [9.17, 15) is 27.6 Å². The summed E-state index contributed by atoms with van der Waals surface area (Å²) in [5.41, 5.74) is 0.100. The van der Waals surface area contributed by atoms with Crippen molar-refractivity contribution in [1.29, 1.82) is 0 Å². The number of ketones is 1. The maximum Gasteiger partial charge on any atom is 0.409 e. The van der Waals surface area contributed by atoms with Gasteiger partial charge in [-0.2, -0.15) is 13.2 Å². The summed E-state index contributed by atoms with van der Waals surface area (Å²) in [6.07, 6.45) is -5.00. The monoisotopic (exact) mass is 282 g/mol. The van der Waals surface area contributed by atoms with Crippen molar-refractivity contribution >= 4 is 17.7 Å². The number of alkyl halides is 3. The van der Waals surface area contributed by atoms with E-state index in [1.165, 1.54) is 6.92 Å². The van der Waals surface area contributed by atoms with Crippen LogP contribution in [0.2, 0.25) is 0 Å². The molecule has 0 spiro atoms. The zero-order valence-electron chi connectivity index (χ0n) is 10.4. The molecule has 0 amide bonds. The molecule has 0 aromatic heterocycles. The first kappa shape index (κ1) is 17.1. The highest BCUT2D eigenvalue weighted by Gasteiger charge is 2.49. The average Bonchev–Trinajstić information content (AvgIpc) is 2.21. The van der Waals surface area contributed by atoms with E-state index in [2.05, 4.69) is 16.1 Å². The van der Waals surface area contributed by atoms with Crippen LogP contribution in [0.4, 0.5) is 13.2 Å². The van der Waals surface area contributed by atoms with E-state index < -0.39 is 43.0 Å². The summed E-state index contributed by atoms with van der Waals surface area (Å²) >= 11 is 0. The fraction of sp³-hybridized carbons (Fsp3) is 0.545. The van der Waals surface area contributed by atoms with Crippen molar-refractivity contribution in [1.82, 2.24) is 0 Å². The molecule has 0 aliphatic heterocycles. The molecule has 0 aliphatic carbocycles. The van der Waals surface area contributed by atoms with Gasteiger partial charge in [-0.3, -0.25) is 9.59 Å². The lowest BCUT2D eigenvalue weighted by molar-refractivity contribution is -0.198. The highest BCUT2D eigenvalue weighted by atomic mass is 19.4. The van der Waals surface area contributed by atoms with E-state index >= 15 is 0 Å². The maximum absolute atomic E-state index is 12.3. The molecule has 0 aliphatic rings. The molecule has 8 heteroatoms. The molecular weight excluding hydrogens is 269 g/mol. The van der Waals surface area contributed by atoms with Gasteiger partial charge in [0.05, 0.1) is 0 Å². The van der Waals surface area contributed by atoms with Crippen LogP contribution in [-0.2, 0) is 23.9 Å². The maximum atomic E-state index is 12.3. The normalized spacial score (nSPS) is 12.5. The molecule has 0 radical (unpaired) electrons. The van der Waals surface area contributed by atoms with E-state index in [4.69, 9.17) is 0 Å². The first-order valence-electron chi connectivity index (χ1n) is 5.13. The number of hydrogen-bond donors (Lipinski definition) is 0. The summed E-state index contributed by atoms with van der Waals surface area (Å²) < 4.78 is 45.8. The third kappa shape index (κ3) is 6.03. The third-order valence-corrected chi connectivity index (χ3v) is 1.88. The number of rotatable bonds is 6. The average molecular weight is 282 g/mol. The van der Waals surface area contributed by atoms with Crippen LogP contribution < -0.4 is 0 Å². The topological polar surface area (TPSA) is 69.7 Å². The lowest BCUT2D eigenvalue weighted by Crippen LogP contribution is -2.37. The van der Waals surface area contributed by atoms with Crippen LogP contribution >= 0.6 is 0 Å². The molecule has 0 bridgehead atoms. The molecule has 0 heterocycles. The summed E-state index contributed by atoms with van der Waals surface area (Å²) in [6.45, 7) is 4.31. The smallest absolute Gasteiger partial charge is 0.409 e. The van der Waals surface area contributed by atoms with Crippen LogP contribution in [0.25, 0.3) is 0 Å². The Morgan fingerprint density at radius 2 is 1.58 bits per heavy atom. The number of hydrogen-bond acceptors (Lipinski definition) is 5. The van der Waals surface area contributed by atoms with Crippen molar-refractivity contribution in [3.63, 3.8) is 0 Å². The second-order valence-corrected chi connectivity index (χ2v) is 3.67. The second-order valence-electron chi connectivity index (χ2n) is 3.67. The van der Waals surface area contributed by atoms with Gasteiger partial charge in [-0.15, -0.1) is 0 Å². The Morgan fingerprint density at radius 3 is 1.95 bits per heavy atom. The van der Waals surface area contributed by atoms with E-state index in [0.29, 0.717) is 6.92 Å². The van der Waals surface area contributed by atoms with Gasteiger partial charge in [0.25, 0.3) is 0 Å². The van der Waals surface area contributed by atoms with Gasteiger partial charge >= 0.3 is 18.1 Å². The summed E-state index contributed by atoms with van der Waals surface area (Å²) in [5, 5.41) is 0. The van der Waals surface area contributed by atoms with Crippen molar-refractivity contribution in [3.8, 4) is 0 Å². The summed E-state index contributed by atoms with van der Waals surface area (Å²) in [6, 6.07) is 0. The molecule has 0 fully saturated rings. The highest BCUT2D eigenvalue weighted by Crippen LogP contribution is 2.27. The molecule has 0 saturated carbocycles. The van der Waals surface area contributed by atoms with Crippen LogP contribution in [0, 0.1) is 5.92 Å². The number of ether oxygens (including phenoxy) is 2. The zero-order valence-corrected chi connectivity index (χ0v) is 10.4. The van der Waals surface area contributed by atoms with Crippen LogP contribution in [0.3, 0.4) is 0 Å². The van der Waals surface area contributed by atoms with Gasteiger partial charge in [0, 0.05) is 5.57 Å². The molecule has 1 unspecified atom stereocenters. The first-order valence-corrected chi connectivity index (χ1v) is 5.13. The Balaban J connectivity index is 4.27. The lowest BCUT2D eigenvalue weighted by atomic mass is 10.1. The second kappa shape index (κ2) is 6.91. The van der Waals surface area contributed by atoms with Gasteiger partial charge < -0.3 is 9.47 Å². The van der Waals surface area contributed by atoms with Gasteiger partial charge in [0.15, 0.2) is 5.78 Å². The van der Waals surface area contributed by atoms with Gasteiger partial charge in [0.1, 0.15) is 13.2 Å². The third-order valence-electron chi connectivity index (χ3n) is 1.88. The first-order chi connectivity index (χ1) is 8.57. The number of carbonyl (C=O) groups is 3. The van der Waals surface area contributed by atoms with Crippen molar-refractivity contribution in [3.05, 3.63) is 12.2 Å². The number of esters is 2. The molecule has 0 saturated heterocycles. The minimum Gasteiger partial charge on any atom is -0.461 e. The molecule has 0 N–H and O–H groups in total. The molecule has 5 nitrogen and oxygen atoms in total. The van der Waals surface area contributed by atoms with Gasteiger partial charge in [-0.1, -0.05) is 6.58 Å². The van der Waals surface area contributed by atoms with Crippen molar-refractivity contribution in [2.45, 2.75) is 20.0 Å². The van der Waals surface area contributed by atoms with Crippen molar-refractivity contribution in [2.75, 3.05) is 13.2 Å². The zero-order chi connectivity index (χ0) is 15.2. The Labute approximate surface area is 107 Å². The molecule has 0 aromatic carbocycles. The quantitative estimate of drug-likeness (QED) is 0.319. The summed E-state index contributed by atoms with van der Waals surface area (Å²) in [7, 11) is 0. The van der Waals surface area contributed by atoms with Crippen molar-refractivity contribution < 1.29 is 37.0 Å². The van der Waals surface area contributed by atoms with Crippen LogP contribution in [0.5, 0.6) is 0 Å². The predicted octanol–water partition coefficient (Wildman–Crippen LogP) is 1.42. The lowest BCUT2D eigenvalue weighted by Gasteiger charge is -2.16. The SMILES string of the molecule is C=C(C)C(=O)OCCOC(=O)C(C(C)=O)C(F)(F)F. The Morgan fingerprint density at radius 1 is 1.11 bits per heavy atom. The fourth-order valence-electron chi connectivity index (χ4n) is 1.01. The van der Waals surface area contributed by atoms with Crippen molar-refractivity contribution in [2.24, 2.45) is 5.92 Å². The summed E-state index contributed by atoms with van der Waals surface area (Å²) in [5.74, 6) is -6.65. The number of Topliss-reactive ketones (excluding diaryl/α,β-unsaturated/α-hetero) is 1. The largest absolute Gasteiger partial charge is 0.461 e. The molecular formula is C11H13F3O5. The van der Waals surface area contributed by atoms with Crippen LogP contribution in [0.15, 0.2) is 12.2 Å². The van der Waals surface area contributed by atoms with Gasteiger partial charge in [-0.05, 0) is 13.8 Å². The van der Waals surface area contributed by atoms with E-state index in [1.54, 1.807) is 0 Å². The highest BCUT2D eigenvalue weighted by molar-refractivity contribution is 5.98. The minimum atomic E-state index is -5.00. The summed E-state index contributed by atoms with van der Waals surface area (Å²) in [4.78, 5) is 32.7. The molecule has 0 rings (SSSR count). The minimum absolute atomic E-state index is 0.100. The van der Waals surface area contributed by atoms with Gasteiger partial charge in [-0.25, -0.2) is 4.79 Å². The molecule has 1 atom stereocenters. The standard InChI is InChI=1S/C11H13F3O5/c1-6(2)9(16)18-4-5-19-10(17)8(7(3)15)11(12,13)14/h8H,1,4-5H2,2-3H3. The van der Waals surface area contributed by atoms with E-state index in [0.717, 1.165) is 0 Å². The molecule has 0 aromatic rings. The Bertz CT molecular complexity index is 386. The van der Waals surface area contributed by atoms with Crippen LogP contribution in [0.1, 0.15) is 13.8 Å². The predicted molar refractivity (Wildman–Crippen MR) is 57.0 cm³/mol. The Hall–Kier alpha value is -1.86. The fourth-order valence-corrected chi connectivity index (χ4v) is 1.01. The van der Waals surface area contributed by atoms with Gasteiger partial charge in [0.2, 0.25) is 5.92 Å².